The van der Waals surface area contributed by atoms with E-state index in [1.165, 1.54) is 32.7 Å². The molecule has 276 valence electrons. The summed E-state index contributed by atoms with van der Waals surface area (Å²) in [6.45, 7) is 0. The molecule has 0 aliphatic carbocycles. The molecule has 3 heteroatoms. The van der Waals surface area contributed by atoms with Crippen molar-refractivity contribution in [1.29, 1.82) is 0 Å². The molecular formula is C56H35NO2. The van der Waals surface area contributed by atoms with E-state index in [9.17, 15) is 0 Å². The Morgan fingerprint density at radius 3 is 1.58 bits per heavy atom. The predicted octanol–water partition coefficient (Wildman–Crippen LogP) is 16.3. The molecule has 12 rings (SSSR count). The highest BCUT2D eigenvalue weighted by atomic mass is 16.3. The van der Waals surface area contributed by atoms with Crippen molar-refractivity contribution in [3.05, 3.63) is 212 Å². The van der Waals surface area contributed by atoms with Gasteiger partial charge in [0.25, 0.3) is 0 Å². The number of nitrogens with zero attached hydrogens (tertiary/aromatic N) is 1. The summed E-state index contributed by atoms with van der Waals surface area (Å²) in [4.78, 5) is 2.33. The Hall–Kier alpha value is -7.88. The van der Waals surface area contributed by atoms with Crippen molar-refractivity contribution in [2.45, 2.75) is 0 Å². The summed E-state index contributed by atoms with van der Waals surface area (Å²) in [6, 6.07) is 75.6. The van der Waals surface area contributed by atoms with Crippen LogP contribution in [0.3, 0.4) is 0 Å². The maximum atomic E-state index is 6.79. The van der Waals surface area contributed by atoms with Gasteiger partial charge in [0, 0.05) is 38.5 Å². The van der Waals surface area contributed by atoms with E-state index in [2.05, 4.69) is 211 Å². The zero-order chi connectivity index (χ0) is 38.9. The highest BCUT2D eigenvalue weighted by molar-refractivity contribution is 6.13. The molecular weight excluding hydrogens is 719 g/mol. The highest BCUT2D eigenvalue weighted by Gasteiger charge is 2.21. The van der Waals surface area contributed by atoms with Crippen LogP contribution in [-0.4, -0.2) is 0 Å². The number of para-hydroxylation sites is 2. The third-order valence-electron chi connectivity index (χ3n) is 11.9. The van der Waals surface area contributed by atoms with Crippen molar-refractivity contribution in [3.63, 3.8) is 0 Å². The lowest BCUT2D eigenvalue weighted by Gasteiger charge is -2.26. The molecule has 0 radical (unpaired) electrons. The van der Waals surface area contributed by atoms with E-state index < -0.39 is 0 Å². The van der Waals surface area contributed by atoms with Crippen LogP contribution < -0.4 is 4.90 Å². The van der Waals surface area contributed by atoms with Crippen LogP contribution >= 0.6 is 0 Å². The average Bonchev–Trinajstić information content (AvgIpc) is 3.88. The summed E-state index contributed by atoms with van der Waals surface area (Å²) in [5, 5.41) is 9.31. The Labute approximate surface area is 340 Å². The quantitative estimate of drug-likeness (QED) is 0.158. The standard InChI is InChI=1S/C56H35NO2/c1-3-11-36(12-4-1)40-25-32-54-51(34-40)49-19-10-20-52(56(49)59-54)57(44-29-30-46-42(33-44)22-21-39-15-7-8-16-45(39)46)43-27-23-37(24-28-43)41-26-31-53-50(35-41)48-18-9-17-47(55(48)58-53)38-13-5-2-6-14-38/h1-35H. The predicted molar refractivity (Wildman–Crippen MR) is 247 cm³/mol. The second-order valence-electron chi connectivity index (χ2n) is 15.3. The maximum Gasteiger partial charge on any atom is 0.159 e. The zero-order valence-corrected chi connectivity index (χ0v) is 32.0. The Bertz CT molecular complexity index is 3540. The molecule has 0 aliphatic rings. The van der Waals surface area contributed by atoms with E-state index in [4.69, 9.17) is 8.83 Å². The number of hydrogen-bond donors (Lipinski definition) is 0. The number of hydrogen-bond acceptors (Lipinski definition) is 3. The van der Waals surface area contributed by atoms with E-state index in [1.807, 2.05) is 6.07 Å². The van der Waals surface area contributed by atoms with Gasteiger partial charge in [0.1, 0.15) is 16.7 Å². The SMILES string of the molecule is c1ccc(-c2ccc3oc4c(N(c5ccc(-c6ccc7oc8c(-c9ccccc9)cccc8c7c6)cc5)c5ccc6c(ccc7ccccc76)c5)cccc4c3c2)cc1. The second-order valence-corrected chi connectivity index (χ2v) is 15.3. The van der Waals surface area contributed by atoms with Gasteiger partial charge in [-0.25, -0.2) is 0 Å². The van der Waals surface area contributed by atoms with Crippen molar-refractivity contribution in [2.24, 2.45) is 0 Å². The molecule has 0 atom stereocenters. The first-order chi connectivity index (χ1) is 29.2. The Morgan fingerprint density at radius 1 is 0.288 bits per heavy atom. The van der Waals surface area contributed by atoms with E-state index in [1.54, 1.807) is 0 Å². The van der Waals surface area contributed by atoms with Gasteiger partial charge >= 0.3 is 0 Å². The molecule has 2 heterocycles. The number of anilines is 3. The molecule has 0 unspecified atom stereocenters. The first kappa shape index (κ1) is 33.3. The van der Waals surface area contributed by atoms with E-state index in [0.717, 1.165) is 83.2 Å². The summed E-state index contributed by atoms with van der Waals surface area (Å²) in [6.07, 6.45) is 0. The Kier molecular flexibility index (Phi) is 7.54. The van der Waals surface area contributed by atoms with Gasteiger partial charge in [-0.15, -0.1) is 0 Å². The van der Waals surface area contributed by atoms with Crippen molar-refractivity contribution in [1.82, 2.24) is 0 Å². The largest absolute Gasteiger partial charge is 0.455 e. The smallest absolute Gasteiger partial charge is 0.159 e. The van der Waals surface area contributed by atoms with Crippen LogP contribution in [0.15, 0.2) is 221 Å². The fourth-order valence-corrected chi connectivity index (χ4v) is 8.96. The first-order valence-electron chi connectivity index (χ1n) is 20.1. The Balaban J connectivity index is 0.996. The molecule has 3 nitrogen and oxygen atoms in total. The van der Waals surface area contributed by atoms with Crippen molar-refractivity contribution in [3.8, 4) is 33.4 Å². The lowest BCUT2D eigenvalue weighted by atomic mass is 9.99. The molecule has 0 amide bonds. The van der Waals surface area contributed by atoms with E-state index in [0.29, 0.717) is 0 Å². The van der Waals surface area contributed by atoms with E-state index >= 15 is 0 Å². The molecule has 12 aromatic rings. The van der Waals surface area contributed by atoms with Crippen molar-refractivity contribution >= 4 is 82.5 Å². The summed E-state index contributed by atoms with van der Waals surface area (Å²) in [7, 11) is 0. The fraction of sp³-hybridized carbons (Fsp3) is 0. The van der Waals surface area contributed by atoms with Gasteiger partial charge in [0.15, 0.2) is 5.58 Å². The zero-order valence-electron chi connectivity index (χ0n) is 32.0. The van der Waals surface area contributed by atoms with Gasteiger partial charge in [-0.05, 0) is 104 Å². The van der Waals surface area contributed by atoms with Crippen LogP contribution in [0.2, 0.25) is 0 Å². The number of furan rings is 2. The average molecular weight is 754 g/mol. The van der Waals surface area contributed by atoms with Gasteiger partial charge in [-0.1, -0.05) is 158 Å². The summed E-state index contributed by atoms with van der Waals surface area (Å²) in [5.74, 6) is 0. The first-order valence-corrected chi connectivity index (χ1v) is 20.1. The van der Waals surface area contributed by atoms with E-state index in [-0.39, 0.29) is 0 Å². The van der Waals surface area contributed by atoms with Crippen LogP contribution in [-0.2, 0) is 0 Å². The van der Waals surface area contributed by atoms with Crippen molar-refractivity contribution < 1.29 is 8.83 Å². The lowest BCUT2D eigenvalue weighted by molar-refractivity contribution is 0.669. The monoisotopic (exact) mass is 753 g/mol. The molecule has 0 saturated heterocycles. The van der Waals surface area contributed by atoms with Gasteiger partial charge < -0.3 is 13.7 Å². The summed E-state index contributed by atoms with van der Waals surface area (Å²) < 4.78 is 13.3. The molecule has 0 bridgehead atoms. The normalized spacial score (nSPS) is 11.7. The van der Waals surface area contributed by atoms with Crippen LogP contribution in [0, 0.1) is 0 Å². The highest BCUT2D eigenvalue weighted by Crippen LogP contribution is 2.45. The van der Waals surface area contributed by atoms with Crippen LogP contribution in [0.1, 0.15) is 0 Å². The Morgan fingerprint density at radius 2 is 0.831 bits per heavy atom. The maximum absolute atomic E-state index is 6.79. The van der Waals surface area contributed by atoms with Crippen molar-refractivity contribution in [2.75, 3.05) is 4.90 Å². The molecule has 0 fully saturated rings. The van der Waals surface area contributed by atoms with Gasteiger partial charge in [-0.2, -0.15) is 0 Å². The lowest BCUT2D eigenvalue weighted by Crippen LogP contribution is -2.10. The fourth-order valence-electron chi connectivity index (χ4n) is 8.96. The van der Waals surface area contributed by atoms with Gasteiger partial charge in [-0.3, -0.25) is 0 Å². The molecule has 0 saturated carbocycles. The van der Waals surface area contributed by atoms with Gasteiger partial charge in [0.05, 0.1) is 5.69 Å². The molecule has 0 aliphatic heterocycles. The van der Waals surface area contributed by atoms with Crippen LogP contribution in [0.4, 0.5) is 17.1 Å². The minimum Gasteiger partial charge on any atom is -0.455 e. The summed E-state index contributed by atoms with van der Waals surface area (Å²) >= 11 is 0. The van der Waals surface area contributed by atoms with Crippen LogP contribution in [0.5, 0.6) is 0 Å². The molecule has 0 N–H and O–H groups in total. The van der Waals surface area contributed by atoms with Gasteiger partial charge in [0.2, 0.25) is 0 Å². The summed E-state index contributed by atoms with van der Waals surface area (Å²) in [5.41, 5.74) is 13.4. The number of rotatable bonds is 6. The third-order valence-corrected chi connectivity index (χ3v) is 11.9. The molecule has 0 spiro atoms. The number of fused-ring (bicyclic) bond motifs is 9. The molecule has 2 aromatic heterocycles. The molecule has 59 heavy (non-hydrogen) atoms. The number of benzene rings is 10. The topological polar surface area (TPSA) is 29.5 Å². The minimum atomic E-state index is 0.850. The molecule has 10 aromatic carbocycles. The third kappa shape index (κ3) is 5.51. The minimum absolute atomic E-state index is 0.850. The van der Waals surface area contributed by atoms with Crippen LogP contribution in [0.25, 0.3) is 98.8 Å². The second kappa shape index (κ2) is 13.4.